The predicted octanol–water partition coefficient (Wildman–Crippen LogP) is 3.11. The number of amides is 3. The van der Waals surface area contributed by atoms with Gasteiger partial charge in [0.05, 0.1) is 6.67 Å². The molecule has 0 unspecified atom stereocenters. The normalized spacial score (nSPS) is 25.8. The van der Waals surface area contributed by atoms with E-state index in [9.17, 15) is 9.59 Å². The minimum absolute atomic E-state index is 0.0832. The average Bonchev–Trinajstić information content (AvgIpc) is 2.84. The van der Waals surface area contributed by atoms with E-state index in [2.05, 4.69) is 12.2 Å². The van der Waals surface area contributed by atoms with Crippen LogP contribution in [0.2, 0.25) is 5.02 Å². The fraction of sp³-hybridized carbons (Fsp3) is 0.579. The first-order valence-corrected chi connectivity index (χ1v) is 9.51. The van der Waals surface area contributed by atoms with Crippen molar-refractivity contribution in [1.29, 1.82) is 0 Å². The van der Waals surface area contributed by atoms with Crippen molar-refractivity contribution >= 4 is 23.5 Å². The summed E-state index contributed by atoms with van der Waals surface area (Å²) in [5.74, 6) is 0.837. The molecule has 3 amide bonds. The summed E-state index contributed by atoms with van der Waals surface area (Å²) in [5.41, 5.74) is -0.698. The number of halogens is 1. The summed E-state index contributed by atoms with van der Waals surface area (Å²) in [4.78, 5) is 28.6. The van der Waals surface area contributed by atoms with Crippen LogP contribution in [0.4, 0.5) is 4.79 Å². The van der Waals surface area contributed by atoms with Gasteiger partial charge in [0.1, 0.15) is 17.9 Å². The number of rotatable bonds is 6. The van der Waals surface area contributed by atoms with Crippen LogP contribution in [-0.2, 0) is 4.79 Å². The number of imide groups is 1. The number of ether oxygens (including phenoxy) is 1. The van der Waals surface area contributed by atoms with Gasteiger partial charge in [-0.1, -0.05) is 31.4 Å². The summed E-state index contributed by atoms with van der Waals surface area (Å²) >= 11 is 5.85. The fourth-order valence-corrected chi connectivity index (χ4v) is 3.91. The number of urea groups is 1. The number of nitrogens with zero attached hydrogens (tertiary/aromatic N) is 2. The van der Waals surface area contributed by atoms with Gasteiger partial charge >= 0.3 is 6.03 Å². The predicted molar refractivity (Wildman–Crippen MR) is 100 cm³/mol. The maximum Gasteiger partial charge on any atom is 0.326 e. The van der Waals surface area contributed by atoms with Gasteiger partial charge in [-0.05, 0) is 50.1 Å². The topological polar surface area (TPSA) is 61.9 Å². The lowest BCUT2D eigenvalue weighted by Crippen LogP contribution is -2.54. The molecule has 2 aliphatic rings. The zero-order valence-electron chi connectivity index (χ0n) is 15.3. The molecule has 1 N–H and O–H groups in total. The maximum atomic E-state index is 12.9. The summed E-state index contributed by atoms with van der Waals surface area (Å²) < 4.78 is 5.67. The first-order valence-electron chi connectivity index (χ1n) is 9.13. The lowest BCUT2D eigenvalue weighted by atomic mass is 9.73. The number of likely N-dealkylation sites (N-methyl/N-ethyl adjacent to an activating group) is 1. The van der Waals surface area contributed by atoms with E-state index in [0.717, 1.165) is 31.4 Å². The number of hydrogen-bond donors (Lipinski definition) is 1. The van der Waals surface area contributed by atoms with Crippen molar-refractivity contribution in [2.75, 3.05) is 26.9 Å². The van der Waals surface area contributed by atoms with Gasteiger partial charge < -0.3 is 10.1 Å². The summed E-state index contributed by atoms with van der Waals surface area (Å²) in [6.45, 7) is 3.39. The number of benzene rings is 1. The van der Waals surface area contributed by atoms with Crippen molar-refractivity contribution in [3.05, 3.63) is 29.3 Å². The molecule has 1 aliphatic heterocycles. The van der Waals surface area contributed by atoms with Gasteiger partial charge in [0.2, 0.25) is 0 Å². The van der Waals surface area contributed by atoms with Crippen LogP contribution in [0.15, 0.2) is 24.3 Å². The Kier molecular flexibility index (Phi) is 5.73. The molecule has 1 aromatic carbocycles. The monoisotopic (exact) mass is 379 g/mol. The molecule has 6 nitrogen and oxygen atoms in total. The highest BCUT2D eigenvalue weighted by Gasteiger charge is 2.54. The quantitative estimate of drug-likeness (QED) is 0.771. The van der Waals surface area contributed by atoms with Gasteiger partial charge in [-0.25, -0.2) is 9.69 Å². The van der Waals surface area contributed by atoms with Gasteiger partial charge in [0, 0.05) is 11.6 Å². The third kappa shape index (κ3) is 3.81. The Morgan fingerprint density at radius 1 is 1.31 bits per heavy atom. The lowest BCUT2D eigenvalue weighted by molar-refractivity contribution is -0.135. The molecular formula is C19H26ClN3O3. The molecule has 1 heterocycles. The van der Waals surface area contributed by atoms with Crippen molar-refractivity contribution in [2.24, 2.45) is 5.92 Å². The Labute approximate surface area is 159 Å². The van der Waals surface area contributed by atoms with Crippen molar-refractivity contribution < 1.29 is 14.3 Å². The third-order valence-electron chi connectivity index (χ3n) is 5.44. The minimum Gasteiger partial charge on any atom is -0.492 e. The van der Waals surface area contributed by atoms with Crippen LogP contribution in [0, 0.1) is 5.92 Å². The lowest BCUT2D eigenvalue weighted by Gasteiger charge is -2.37. The Bertz CT molecular complexity index is 666. The number of hydrogen-bond acceptors (Lipinski definition) is 4. The van der Waals surface area contributed by atoms with E-state index in [-0.39, 0.29) is 24.5 Å². The highest BCUT2D eigenvalue weighted by molar-refractivity contribution is 6.30. The van der Waals surface area contributed by atoms with Crippen LogP contribution in [0.25, 0.3) is 0 Å². The van der Waals surface area contributed by atoms with Crippen LogP contribution in [-0.4, -0.2) is 54.1 Å². The van der Waals surface area contributed by atoms with Gasteiger partial charge in [0.15, 0.2) is 0 Å². The number of carbonyl (C=O) groups excluding carboxylic acids is 2. The maximum absolute atomic E-state index is 12.9. The van der Waals surface area contributed by atoms with E-state index in [4.69, 9.17) is 16.3 Å². The highest BCUT2D eigenvalue weighted by Crippen LogP contribution is 2.38. The van der Waals surface area contributed by atoms with E-state index in [0.29, 0.717) is 18.2 Å². The Morgan fingerprint density at radius 2 is 2.04 bits per heavy atom. The Balaban J connectivity index is 1.52. The SMILES string of the molecule is C[C@H]1CCCC[C@@]12NC(=O)N(CN(C)CCOc1ccc(Cl)cc1)C2=O. The van der Waals surface area contributed by atoms with E-state index in [1.54, 1.807) is 12.1 Å². The smallest absolute Gasteiger partial charge is 0.326 e. The molecule has 1 spiro atoms. The molecule has 7 heteroatoms. The number of nitrogens with one attached hydrogen (secondary N) is 1. The molecule has 1 aromatic rings. The summed E-state index contributed by atoms with van der Waals surface area (Å²) in [5, 5.41) is 3.64. The van der Waals surface area contributed by atoms with Gasteiger partial charge in [-0.15, -0.1) is 0 Å². The number of carbonyl (C=O) groups is 2. The molecular weight excluding hydrogens is 354 g/mol. The van der Waals surface area contributed by atoms with Crippen LogP contribution in [0.3, 0.4) is 0 Å². The molecule has 142 valence electrons. The zero-order valence-corrected chi connectivity index (χ0v) is 16.1. The van der Waals surface area contributed by atoms with Gasteiger partial charge in [-0.3, -0.25) is 9.69 Å². The molecule has 1 saturated heterocycles. The van der Waals surface area contributed by atoms with Gasteiger partial charge in [0.25, 0.3) is 5.91 Å². The van der Waals surface area contributed by atoms with Crippen molar-refractivity contribution in [3.8, 4) is 5.75 Å². The summed E-state index contributed by atoms with van der Waals surface area (Å²) in [6.07, 6.45) is 3.81. The molecule has 1 saturated carbocycles. The van der Waals surface area contributed by atoms with E-state index in [1.165, 1.54) is 4.90 Å². The van der Waals surface area contributed by atoms with Crippen LogP contribution in [0.1, 0.15) is 32.6 Å². The highest BCUT2D eigenvalue weighted by atomic mass is 35.5. The molecule has 0 bridgehead atoms. The van der Waals surface area contributed by atoms with E-state index < -0.39 is 5.54 Å². The van der Waals surface area contributed by atoms with Crippen LogP contribution in [0.5, 0.6) is 5.75 Å². The first-order chi connectivity index (χ1) is 12.4. The zero-order chi connectivity index (χ0) is 18.7. The molecule has 0 aromatic heterocycles. The standard InChI is InChI=1S/C19H26ClN3O3/c1-14-5-3-4-10-19(14)17(24)23(18(25)21-19)13-22(2)11-12-26-16-8-6-15(20)7-9-16/h6-9,14H,3-5,10-13H2,1-2H3,(H,21,25)/t14-,19+/m0/s1. The second-order valence-corrected chi connectivity index (χ2v) is 7.74. The van der Waals surface area contributed by atoms with Crippen LogP contribution >= 0.6 is 11.6 Å². The fourth-order valence-electron chi connectivity index (χ4n) is 3.79. The largest absolute Gasteiger partial charge is 0.492 e. The van der Waals surface area contributed by atoms with E-state index >= 15 is 0 Å². The molecule has 26 heavy (non-hydrogen) atoms. The molecule has 1 aliphatic carbocycles. The Hall–Kier alpha value is -1.79. The third-order valence-corrected chi connectivity index (χ3v) is 5.69. The summed E-state index contributed by atoms with van der Waals surface area (Å²) in [6, 6.07) is 6.90. The molecule has 0 radical (unpaired) electrons. The van der Waals surface area contributed by atoms with Crippen molar-refractivity contribution in [3.63, 3.8) is 0 Å². The average molecular weight is 380 g/mol. The van der Waals surface area contributed by atoms with Crippen molar-refractivity contribution in [2.45, 2.75) is 38.1 Å². The van der Waals surface area contributed by atoms with Crippen LogP contribution < -0.4 is 10.1 Å². The van der Waals surface area contributed by atoms with Gasteiger partial charge in [-0.2, -0.15) is 0 Å². The Morgan fingerprint density at radius 3 is 2.73 bits per heavy atom. The summed E-state index contributed by atoms with van der Waals surface area (Å²) in [7, 11) is 1.88. The minimum atomic E-state index is -0.698. The van der Waals surface area contributed by atoms with Crippen molar-refractivity contribution in [1.82, 2.24) is 15.1 Å². The first kappa shape index (κ1) is 19.0. The second kappa shape index (κ2) is 7.84. The molecule has 3 rings (SSSR count). The molecule has 2 atom stereocenters. The molecule has 2 fully saturated rings. The second-order valence-electron chi connectivity index (χ2n) is 7.30. The van der Waals surface area contributed by atoms with E-state index in [1.807, 2.05) is 24.1 Å².